The van der Waals surface area contributed by atoms with Gasteiger partial charge in [0.15, 0.2) is 5.82 Å². The lowest BCUT2D eigenvalue weighted by Gasteiger charge is -2.15. The van der Waals surface area contributed by atoms with Crippen LogP contribution in [0.4, 0.5) is 5.69 Å². The van der Waals surface area contributed by atoms with E-state index >= 15 is 0 Å². The minimum Gasteiger partial charge on any atom is -0.258 e. The lowest BCUT2D eigenvalue weighted by Crippen LogP contribution is -2.08. The summed E-state index contributed by atoms with van der Waals surface area (Å²) in [6.07, 6.45) is 5.35. The number of nitrogens with zero attached hydrogens (tertiary/aromatic N) is 6. The number of nitro groups is 2. The van der Waals surface area contributed by atoms with Gasteiger partial charge in [-0.05, 0) is 36.8 Å². The molecule has 7 rings (SSSR count). The first-order chi connectivity index (χ1) is 21.4. The highest BCUT2D eigenvalue weighted by Crippen LogP contribution is 2.34. The van der Waals surface area contributed by atoms with Gasteiger partial charge < -0.3 is 0 Å². The molecule has 0 radical (unpaired) electrons. The van der Waals surface area contributed by atoms with E-state index < -0.39 is 9.85 Å². The number of rotatable bonds is 6. The Morgan fingerprint density at radius 1 is 0.614 bits per heavy atom. The molecule has 0 saturated heterocycles. The van der Waals surface area contributed by atoms with E-state index in [0.717, 1.165) is 44.3 Å². The van der Waals surface area contributed by atoms with Gasteiger partial charge in [0.2, 0.25) is 0 Å². The Hall–Kier alpha value is -6.16. The van der Waals surface area contributed by atoms with Gasteiger partial charge in [-0.3, -0.25) is 20.2 Å². The molecule has 0 saturated carbocycles. The van der Waals surface area contributed by atoms with E-state index in [4.69, 9.17) is 19.9 Å². The fourth-order valence-electron chi connectivity index (χ4n) is 5.36. The third-order valence-corrected chi connectivity index (χ3v) is 7.61. The van der Waals surface area contributed by atoms with Crippen LogP contribution in [0.25, 0.3) is 55.7 Å². The van der Waals surface area contributed by atoms with Crippen molar-refractivity contribution in [3.05, 3.63) is 147 Å². The molecule has 0 N–H and O–H groups in total. The Morgan fingerprint density at radius 3 is 1.75 bits per heavy atom. The third kappa shape index (κ3) is 4.94. The van der Waals surface area contributed by atoms with Gasteiger partial charge in [0.1, 0.15) is 5.82 Å². The number of non-ortho nitro benzene ring substituents is 1. The first kappa shape index (κ1) is 26.7. The molecule has 6 aromatic rings. The highest BCUT2D eigenvalue weighted by molar-refractivity contribution is 5.95. The van der Waals surface area contributed by atoms with Crippen LogP contribution in [-0.4, -0.2) is 29.8 Å². The van der Waals surface area contributed by atoms with E-state index in [1.54, 1.807) is 24.3 Å². The van der Waals surface area contributed by atoms with Crippen LogP contribution >= 0.6 is 0 Å². The van der Waals surface area contributed by atoms with Crippen LogP contribution in [0.15, 0.2) is 121 Å². The van der Waals surface area contributed by atoms with Crippen molar-refractivity contribution < 1.29 is 9.85 Å². The normalized spacial score (nSPS) is 14.5. The Balaban J connectivity index is 1.29. The van der Waals surface area contributed by atoms with Gasteiger partial charge in [0.05, 0.1) is 32.3 Å². The summed E-state index contributed by atoms with van der Waals surface area (Å²) in [7, 11) is 0. The average Bonchev–Trinajstić information content (AvgIpc) is 3.07. The summed E-state index contributed by atoms with van der Waals surface area (Å²) >= 11 is 0. The SMILES string of the molecule is O=[N+]([O-])C1=CCC(c2nc(-c3ccc(-c4nc(-c5ccc([N+](=O)[O-])cc5)nc5ccccc45)cc3)c3ccccc3n2)C=C1. The summed E-state index contributed by atoms with van der Waals surface area (Å²) < 4.78 is 0. The Bertz CT molecular complexity index is 2160. The Labute approximate surface area is 250 Å². The van der Waals surface area contributed by atoms with Crippen molar-refractivity contribution in [1.82, 2.24) is 19.9 Å². The molecule has 212 valence electrons. The van der Waals surface area contributed by atoms with Crippen LogP contribution in [0.2, 0.25) is 0 Å². The van der Waals surface area contributed by atoms with Crippen molar-refractivity contribution >= 4 is 27.5 Å². The van der Waals surface area contributed by atoms with Gasteiger partial charge in [-0.1, -0.05) is 66.7 Å². The number of aromatic nitrogens is 4. The zero-order chi connectivity index (χ0) is 30.2. The van der Waals surface area contributed by atoms with E-state index in [2.05, 4.69) is 0 Å². The van der Waals surface area contributed by atoms with Gasteiger partial charge in [0.25, 0.3) is 11.4 Å². The second kappa shape index (κ2) is 10.9. The number of hydrogen-bond acceptors (Lipinski definition) is 8. The predicted octanol–water partition coefficient (Wildman–Crippen LogP) is 7.69. The molecule has 2 heterocycles. The Kier molecular flexibility index (Phi) is 6.63. The number of nitro benzene ring substituents is 1. The second-order valence-corrected chi connectivity index (χ2v) is 10.3. The van der Waals surface area contributed by atoms with Crippen molar-refractivity contribution in [2.45, 2.75) is 12.3 Å². The lowest BCUT2D eigenvalue weighted by atomic mass is 9.97. The van der Waals surface area contributed by atoms with Gasteiger partial charge >= 0.3 is 0 Å². The highest BCUT2D eigenvalue weighted by Gasteiger charge is 2.21. The maximum absolute atomic E-state index is 11.2. The first-order valence-corrected chi connectivity index (χ1v) is 13.9. The quantitative estimate of drug-likeness (QED) is 0.145. The first-order valence-electron chi connectivity index (χ1n) is 13.9. The van der Waals surface area contributed by atoms with E-state index in [-0.39, 0.29) is 17.3 Å². The summed E-state index contributed by atoms with van der Waals surface area (Å²) in [6, 6.07) is 29.7. The van der Waals surface area contributed by atoms with E-state index in [1.807, 2.05) is 72.8 Å². The number of allylic oxidation sites excluding steroid dienone is 3. The summed E-state index contributed by atoms with van der Waals surface area (Å²) in [5.74, 6) is 0.901. The standard InChI is InChI=1S/C34H22N6O4/c41-39(42)25-17-13-23(14-18-25)33-35-29-7-3-1-5-27(29)31(37-33)21-9-11-22(12-10-21)32-28-6-2-4-8-30(28)36-34(38-32)24-15-19-26(20-16-24)40(43)44/h1-15,17-20,24H,16H2. The molecule has 1 aliphatic carbocycles. The third-order valence-electron chi connectivity index (χ3n) is 7.61. The number of para-hydroxylation sites is 2. The molecule has 44 heavy (non-hydrogen) atoms. The van der Waals surface area contributed by atoms with E-state index in [0.29, 0.717) is 23.6 Å². The van der Waals surface area contributed by atoms with Crippen LogP contribution in [-0.2, 0) is 0 Å². The molecule has 0 bridgehead atoms. The Morgan fingerprint density at radius 2 is 1.18 bits per heavy atom. The number of benzene rings is 4. The second-order valence-electron chi connectivity index (χ2n) is 10.3. The molecule has 0 fully saturated rings. The van der Waals surface area contributed by atoms with Gasteiger partial charge in [-0.15, -0.1) is 0 Å². The minimum absolute atomic E-state index is 0.00282. The summed E-state index contributed by atoms with van der Waals surface area (Å²) in [4.78, 5) is 40.8. The lowest BCUT2D eigenvalue weighted by molar-refractivity contribution is -0.419. The summed E-state index contributed by atoms with van der Waals surface area (Å²) in [5.41, 5.74) is 5.59. The maximum Gasteiger partial charge on any atom is 0.269 e. The summed E-state index contributed by atoms with van der Waals surface area (Å²) in [6.45, 7) is 0. The zero-order valence-corrected chi connectivity index (χ0v) is 23.1. The van der Waals surface area contributed by atoms with Crippen molar-refractivity contribution in [2.75, 3.05) is 0 Å². The van der Waals surface area contributed by atoms with Crippen LogP contribution < -0.4 is 0 Å². The van der Waals surface area contributed by atoms with Crippen LogP contribution in [0, 0.1) is 20.2 Å². The van der Waals surface area contributed by atoms with Crippen LogP contribution in [0.1, 0.15) is 18.2 Å². The smallest absolute Gasteiger partial charge is 0.258 e. The van der Waals surface area contributed by atoms with Crippen molar-refractivity contribution in [3.63, 3.8) is 0 Å². The fraction of sp³-hybridized carbons (Fsp3) is 0.0588. The molecule has 0 spiro atoms. The van der Waals surface area contributed by atoms with E-state index in [1.165, 1.54) is 18.2 Å². The molecule has 1 atom stereocenters. The molecule has 0 amide bonds. The molecule has 1 unspecified atom stereocenters. The monoisotopic (exact) mass is 578 g/mol. The summed E-state index contributed by atoms with van der Waals surface area (Å²) in [5, 5.41) is 24.1. The highest BCUT2D eigenvalue weighted by atomic mass is 16.6. The molecular formula is C34H22N6O4. The van der Waals surface area contributed by atoms with Crippen molar-refractivity contribution in [3.8, 4) is 33.9 Å². The zero-order valence-electron chi connectivity index (χ0n) is 23.1. The van der Waals surface area contributed by atoms with Gasteiger partial charge in [-0.25, -0.2) is 19.9 Å². The predicted molar refractivity (Wildman–Crippen MR) is 167 cm³/mol. The molecular weight excluding hydrogens is 556 g/mol. The van der Waals surface area contributed by atoms with Crippen molar-refractivity contribution in [2.24, 2.45) is 0 Å². The van der Waals surface area contributed by atoms with Crippen molar-refractivity contribution in [1.29, 1.82) is 0 Å². The largest absolute Gasteiger partial charge is 0.269 e. The van der Waals surface area contributed by atoms with Crippen LogP contribution in [0.5, 0.6) is 0 Å². The molecule has 2 aromatic heterocycles. The van der Waals surface area contributed by atoms with Gasteiger partial charge in [0, 0.05) is 51.6 Å². The number of hydrogen-bond donors (Lipinski definition) is 0. The molecule has 0 aliphatic heterocycles. The molecule has 10 nitrogen and oxygen atoms in total. The molecule has 10 heteroatoms. The molecule has 4 aromatic carbocycles. The number of fused-ring (bicyclic) bond motifs is 2. The van der Waals surface area contributed by atoms with Gasteiger partial charge in [-0.2, -0.15) is 0 Å². The molecule has 1 aliphatic rings. The average molecular weight is 579 g/mol. The maximum atomic E-state index is 11.2. The topological polar surface area (TPSA) is 138 Å². The minimum atomic E-state index is -0.434. The van der Waals surface area contributed by atoms with Crippen LogP contribution in [0.3, 0.4) is 0 Å². The fourth-order valence-corrected chi connectivity index (χ4v) is 5.36. The van der Waals surface area contributed by atoms with E-state index in [9.17, 15) is 20.2 Å².